The van der Waals surface area contributed by atoms with Crippen LogP contribution >= 0.6 is 46.6 Å². The Bertz CT molecular complexity index is 2290. The highest BCUT2D eigenvalue weighted by molar-refractivity contribution is 7.99. The van der Waals surface area contributed by atoms with Crippen LogP contribution in [0.15, 0.2) is 150 Å². The molecule has 8 heteroatoms. The second-order valence-electron chi connectivity index (χ2n) is 10.9. The molecular formula is C38H25Cl3N4S. The largest absolute Gasteiger partial charge is 0.355 e. The third kappa shape index (κ3) is 5.25. The van der Waals surface area contributed by atoms with Crippen LogP contribution in [0.25, 0.3) is 38.6 Å². The van der Waals surface area contributed by atoms with Crippen LogP contribution in [0.1, 0.15) is 0 Å². The minimum absolute atomic E-state index is 0.595. The number of aromatic amines is 2. The van der Waals surface area contributed by atoms with Gasteiger partial charge in [0.2, 0.25) is 0 Å². The number of halogens is 3. The minimum Gasteiger partial charge on any atom is -0.355 e. The molecule has 3 aromatic heterocycles. The molecule has 2 N–H and O–H groups in total. The highest BCUT2D eigenvalue weighted by atomic mass is 35.5. The van der Waals surface area contributed by atoms with Crippen molar-refractivity contribution in [3.63, 3.8) is 0 Å². The Balaban J connectivity index is 1.37. The number of aromatic nitrogens is 3. The Morgan fingerprint density at radius 1 is 0.587 bits per heavy atom. The average molecular weight is 676 g/mol. The number of anilines is 3. The number of para-hydroxylation sites is 2. The molecule has 0 aliphatic rings. The maximum Gasteiger partial charge on any atom is 0.116 e. The van der Waals surface area contributed by atoms with E-state index < -0.39 is 0 Å². The van der Waals surface area contributed by atoms with Gasteiger partial charge in [0.15, 0.2) is 0 Å². The summed E-state index contributed by atoms with van der Waals surface area (Å²) in [5, 5.41) is 5.09. The summed E-state index contributed by atoms with van der Waals surface area (Å²) in [7, 11) is 0. The number of benzene rings is 5. The lowest BCUT2D eigenvalue weighted by molar-refractivity contribution is 1.13. The van der Waals surface area contributed by atoms with E-state index in [0.717, 1.165) is 55.0 Å². The van der Waals surface area contributed by atoms with E-state index in [0.29, 0.717) is 15.1 Å². The number of nitrogens with zero attached hydrogens (tertiary/aromatic N) is 2. The first-order valence-electron chi connectivity index (χ1n) is 14.7. The van der Waals surface area contributed by atoms with E-state index in [1.807, 2.05) is 30.3 Å². The van der Waals surface area contributed by atoms with E-state index in [2.05, 4.69) is 116 Å². The lowest BCUT2D eigenvalue weighted by Gasteiger charge is -2.27. The molecule has 0 aliphatic heterocycles. The monoisotopic (exact) mass is 674 g/mol. The quantitative estimate of drug-likeness (QED) is 0.176. The Kier molecular flexibility index (Phi) is 7.55. The van der Waals surface area contributed by atoms with Crippen molar-refractivity contribution >= 4 is 85.6 Å². The molecule has 0 fully saturated rings. The zero-order chi connectivity index (χ0) is 31.2. The van der Waals surface area contributed by atoms with Gasteiger partial charge in [0, 0.05) is 39.4 Å². The fourth-order valence-electron chi connectivity index (χ4n) is 5.99. The van der Waals surface area contributed by atoms with E-state index in [1.54, 1.807) is 12.4 Å². The van der Waals surface area contributed by atoms with Gasteiger partial charge in [-0.05, 0) is 59.7 Å². The molecule has 0 bridgehead atoms. The molecule has 0 amide bonds. The zero-order valence-electron chi connectivity index (χ0n) is 24.2. The van der Waals surface area contributed by atoms with Crippen LogP contribution in [0, 0.1) is 0 Å². The van der Waals surface area contributed by atoms with Crippen molar-refractivity contribution in [2.75, 3.05) is 4.90 Å². The second kappa shape index (κ2) is 12.0. The molecule has 8 aromatic rings. The van der Waals surface area contributed by atoms with Crippen molar-refractivity contribution in [3.8, 4) is 16.8 Å². The van der Waals surface area contributed by atoms with Crippen molar-refractivity contribution in [1.29, 1.82) is 0 Å². The van der Waals surface area contributed by atoms with Gasteiger partial charge in [-0.3, -0.25) is 4.90 Å². The summed E-state index contributed by atoms with van der Waals surface area (Å²) in [5.74, 6) is 0.789. The lowest BCUT2D eigenvalue weighted by Crippen LogP contribution is -2.12. The third-order valence-electron chi connectivity index (χ3n) is 8.03. The average Bonchev–Trinajstić information content (AvgIpc) is 3.80. The smallest absolute Gasteiger partial charge is 0.116 e. The molecule has 0 spiro atoms. The topological polar surface area (TPSA) is 39.8 Å². The first kappa shape index (κ1) is 28.9. The molecule has 5 aromatic carbocycles. The molecule has 0 saturated carbocycles. The Labute approximate surface area is 285 Å². The van der Waals surface area contributed by atoms with Gasteiger partial charge in [-0.1, -0.05) is 125 Å². The lowest BCUT2D eigenvalue weighted by atomic mass is 10.1. The number of hydrogen-bond donors (Lipinski definition) is 2. The molecule has 0 atom stereocenters. The standard InChI is InChI=1S/C38H25Cl3N4S/c39-26-18-36(42-22-26)45(28-16-14-25(15-17-28)24-8-2-1-3-9-24)34-20-29(21-35(38(34)41)46-37-19-27(40)23-43-37)44-32-12-6-4-10-30(32)31-11-5-7-13-33(31)44/h1-23,42-43H. The normalized spacial score (nSPS) is 11.5. The Hall–Kier alpha value is -4.52. The predicted octanol–water partition coefficient (Wildman–Crippen LogP) is 12.7. The van der Waals surface area contributed by atoms with Gasteiger partial charge in [0.05, 0.1) is 36.8 Å². The van der Waals surface area contributed by atoms with Crippen LogP contribution in [0.4, 0.5) is 17.2 Å². The fourth-order valence-corrected chi connectivity index (χ4v) is 7.60. The first-order valence-corrected chi connectivity index (χ1v) is 16.6. The number of H-pyrrole nitrogens is 2. The third-order valence-corrected chi connectivity index (χ3v) is 9.97. The maximum absolute atomic E-state index is 7.40. The molecular weight excluding hydrogens is 651 g/mol. The van der Waals surface area contributed by atoms with Gasteiger partial charge in [-0.15, -0.1) is 0 Å². The molecule has 0 radical (unpaired) electrons. The van der Waals surface area contributed by atoms with E-state index in [9.17, 15) is 0 Å². The van der Waals surface area contributed by atoms with Crippen LogP contribution in [-0.2, 0) is 0 Å². The van der Waals surface area contributed by atoms with Crippen molar-refractivity contribution in [3.05, 3.63) is 155 Å². The summed E-state index contributed by atoms with van der Waals surface area (Å²) in [4.78, 5) is 9.61. The van der Waals surface area contributed by atoms with Crippen LogP contribution in [0.2, 0.25) is 15.1 Å². The fraction of sp³-hybridized carbons (Fsp3) is 0. The highest BCUT2D eigenvalue weighted by Crippen LogP contribution is 2.47. The predicted molar refractivity (Wildman–Crippen MR) is 195 cm³/mol. The van der Waals surface area contributed by atoms with Gasteiger partial charge in [0.1, 0.15) is 5.82 Å². The van der Waals surface area contributed by atoms with Gasteiger partial charge in [0.25, 0.3) is 0 Å². The van der Waals surface area contributed by atoms with Crippen LogP contribution in [-0.4, -0.2) is 14.5 Å². The second-order valence-corrected chi connectivity index (χ2v) is 13.2. The molecule has 0 aliphatic carbocycles. The highest BCUT2D eigenvalue weighted by Gasteiger charge is 2.23. The van der Waals surface area contributed by atoms with Crippen molar-refractivity contribution in [2.24, 2.45) is 0 Å². The van der Waals surface area contributed by atoms with Crippen LogP contribution in [0.3, 0.4) is 0 Å². The summed E-state index contributed by atoms with van der Waals surface area (Å²) >= 11 is 21.7. The van der Waals surface area contributed by atoms with E-state index in [-0.39, 0.29) is 0 Å². The van der Waals surface area contributed by atoms with Crippen molar-refractivity contribution < 1.29 is 0 Å². The zero-order valence-corrected chi connectivity index (χ0v) is 27.3. The molecule has 4 nitrogen and oxygen atoms in total. The summed E-state index contributed by atoms with van der Waals surface area (Å²) in [6.45, 7) is 0. The number of fused-ring (bicyclic) bond motifs is 3. The molecule has 0 unspecified atom stereocenters. The molecule has 8 rings (SSSR count). The summed E-state index contributed by atoms with van der Waals surface area (Å²) < 4.78 is 2.30. The van der Waals surface area contributed by atoms with Crippen LogP contribution in [0.5, 0.6) is 0 Å². The number of rotatable bonds is 7. The summed E-state index contributed by atoms with van der Waals surface area (Å²) in [5.41, 5.74) is 7.19. The molecule has 3 heterocycles. The van der Waals surface area contributed by atoms with Crippen molar-refractivity contribution in [2.45, 2.75) is 9.92 Å². The van der Waals surface area contributed by atoms with Crippen LogP contribution < -0.4 is 4.90 Å². The van der Waals surface area contributed by atoms with Gasteiger partial charge < -0.3 is 14.5 Å². The summed E-state index contributed by atoms with van der Waals surface area (Å²) in [6, 6.07) is 43.9. The van der Waals surface area contributed by atoms with Gasteiger partial charge in [-0.25, -0.2) is 0 Å². The minimum atomic E-state index is 0.595. The molecule has 224 valence electrons. The van der Waals surface area contributed by atoms with Crippen molar-refractivity contribution in [1.82, 2.24) is 14.5 Å². The van der Waals surface area contributed by atoms with E-state index >= 15 is 0 Å². The first-order chi connectivity index (χ1) is 22.5. The maximum atomic E-state index is 7.40. The summed E-state index contributed by atoms with van der Waals surface area (Å²) in [6.07, 6.45) is 3.56. The van der Waals surface area contributed by atoms with E-state index in [4.69, 9.17) is 34.8 Å². The van der Waals surface area contributed by atoms with E-state index in [1.165, 1.54) is 22.5 Å². The Morgan fingerprint density at radius 3 is 1.83 bits per heavy atom. The number of nitrogens with one attached hydrogen (secondary N) is 2. The molecule has 46 heavy (non-hydrogen) atoms. The molecule has 0 saturated heterocycles. The number of hydrogen-bond acceptors (Lipinski definition) is 2. The van der Waals surface area contributed by atoms with Gasteiger partial charge in [-0.2, -0.15) is 0 Å². The SMILES string of the molecule is Clc1c[nH]c(Sc2cc(-n3c4ccccc4c4ccccc43)cc(N(c3ccc(-c4ccccc4)cc3)c3cc(Cl)c[nH]3)c2Cl)c1. The van der Waals surface area contributed by atoms with Gasteiger partial charge >= 0.3 is 0 Å². The Morgan fingerprint density at radius 2 is 1.20 bits per heavy atom.